The van der Waals surface area contributed by atoms with Gasteiger partial charge in [0, 0.05) is 36.3 Å². The van der Waals surface area contributed by atoms with E-state index in [-0.39, 0.29) is 11.3 Å². The van der Waals surface area contributed by atoms with Crippen LogP contribution in [-0.2, 0) is 5.41 Å². The number of aromatic nitrogens is 1. The van der Waals surface area contributed by atoms with Crippen molar-refractivity contribution in [1.29, 1.82) is 0 Å². The molecule has 1 rings (SSSR count). The predicted octanol–water partition coefficient (Wildman–Crippen LogP) is 3.29. The third-order valence-electron chi connectivity index (χ3n) is 3.25. The molecule has 0 saturated heterocycles. The number of carbonyl (C=O) groups is 1. The van der Waals surface area contributed by atoms with Crippen molar-refractivity contribution in [3.63, 3.8) is 0 Å². The number of nitrogens with zero attached hydrogens (tertiary/aromatic N) is 2. The summed E-state index contributed by atoms with van der Waals surface area (Å²) < 4.78 is 0. The lowest BCUT2D eigenvalue weighted by Gasteiger charge is -2.23. The molecular formula is C16H27N3O. The number of rotatable bonds is 5. The molecule has 0 aliphatic heterocycles. The van der Waals surface area contributed by atoms with E-state index in [0.29, 0.717) is 5.56 Å². The highest BCUT2D eigenvalue weighted by atomic mass is 16.2. The fraction of sp³-hybridized carbons (Fsp3) is 0.625. The minimum atomic E-state index is -0.0796. The van der Waals surface area contributed by atoms with E-state index in [1.165, 1.54) is 0 Å². The number of carbonyl (C=O) groups excluding carboxylic acids is 1. The average molecular weight is 277 g/mol. The largest absolute Gasteiger partial charge is 0.370 e. The van der Waals surface area contributed by atoms with Gasteiger partial charge in [-0.15, -0.1) is 0 Å². The van der Waals surface area contributed by atoms with E-state index >= 15 is 0 Å². The summed E-state index contributed by atoms with van der Waals surface area (Å²) in [6, 6.07) is 3.76. The molecule has 0 fully saturated rings. The summed E-state index contributed by atoms with van der Waals surface area (Å²) in [4.78, 5) is 18.9. The second-order valence-corrected chi connectivity index (χ2v) is 5.88. The van der Waals surface area contributed by atoms with Crippen molar-refractivity contribution in [2.75, 3.05) is 25.0 Å². The maximum atomic E-state index is 12.5. The maximum absolute atomic E-state index is 12.5. The lowest BCUT2D eigenvalue weighted by molar-refractivity contribution is 0.0772. The van der Waals surface area contributed by atoms with Gasteiger partial charge >= 0.3 is 0 Å². The van der Waals surface area contributed by atoms with E-state index in [9.17, 15) is 4.79 Å². The Balaban J connectivity index is 3.24. The van der Waals surface area contributed by atoms with Gasteiger partial charge in [-0.2, -0.15) is 0 Å². The van der Waals surface area contributed by atoms with Crippen molar-refractivity contribution in [3.8, 4) is 0 Å². The lowest BCUT2D eigenvalue weighted by atomic mass is 9.90. The molecule has 0 saturated carbocycles. The van der Waals surface area contributed by atoms with Gasteiger partial charge < -0.3 is 10.2 Å². The van der Waals surface area contributed by atoms with Crippen LogP contribution >= 0.6 is 0 Å². The fourth-order valence-electron chi connectivity index (χ4n) is 2.00. The number of hydrogen-bond donors (Lipinski definition) is 1. The Morgan fingerprint density at radius 3 is 2.25 bits per heavy atom. The first-order valence-electron chi connectivity index (χ1n) is 7.39. The number of pyridine rings is 1. The summed E-state index contributed by atoms with van der Waals surface area (Å²) in [6.45, 7) is 14.6. The maximum Gasteiger partial charge on any atom is 0.254 e. The average Bonchev–Trinajstić information content (AvgIpc) is 2.39. The van der Waals surface area contributed by atoms with Gasteiger partial charge in [0.1, 0.15) is 5.82 Å². The molecule has 1 aromatic rings. The zero-order valence-corrected chi connectivity index (χ0v) is 13.6. The van der Waals surface area contributed by atoms with Gasteiger partial charge in [-0.3, -0.25) is 4.79 Å². The molecule has 1 heterocycles. The number of anilines is 1. The summed E-state index contributed by atoms with van der Waals surface area (Å²) in [7, 11) is 0. The summed E-state index contributed by atoms with van der Waals surface area (Å²) in [5, 5.41) is 3.21. The van der Waals surface area contributed by atoms with Gasteiger partial charge in [0.15, 0.2) is 0 Å². The highest BCUT2D eigenvalue weighted by molar-refractivity contribution is 5.95. The number of nitrogens with one attached hydrogen (secondary N) is 1. The molecule has 0 aliphatic carbocycles. The first kappa shape index (κ1) is 16.5. The smallest absolute Gasteiger partial charge is 0.254 e. The van der Waals surface area contributed by atoms with Crippen LogP contribution in [0.15, 0.2) is 12.1 Å². The lowest BCUT2D eigenvalue weighted by Crippen LogP contribution is -2.31. The van der Waals surface area contributed by atoms with Crippen LogP contribution in [-0.4, -0.2) is 35.4 Å². The Bertz CT molecular complexity index is 459. The molecule has 0 aromatic carbocycles. The molecule has 0 spiro atoms. The van der Waals surface area contributed by atoms with Gasteiger partial charge in [0.25, 0.3) is 5.91 Å². The van der Waals surface area contributed by atoms with E-state index in [1.807, 2.05) is 37.8 Å². The number of amides is 1. The van der Waals surface area contributed by atoms with E-state index in [0.717, 1.165) is 31.1 Å². The molecule has 112 valence electrons. The molecule has 0 unspecified atom stereocenters. The van der Waals surface area contributed by atoms with E-state index in [4.69, 9.17) is 0 Å². The highest BCUT2D eigenvalue weighted by Crippen LogP contribution is 2.24. The Morgan fingerprint density at radius 2 is 1.80 bits per heavy atom. The van der Waals surface area contributed by atoms with Gasteiger partial charge in [-0.1, -0.05) is 20.8 Å². The minimum absolute atomic E-state index is 0.0713. The molecule has 1 amide bonds. The van der Waals surface area contributed by atoms with Crippen molar-refractivity contribution in [3.05, 3.63) is 23.4 Å². The third kappa shape index (κ3) is 3.95. The monoisotopic (exact) mass is 277 g/mol. The van der Waals surface area contributed by atoms with Crippen LogP contribution in [0.25, 0.3) is 0 Å². The zero-order valence-electron chi connectivity index (χ0n) is 13.6. The Hall–Kier alpha value is -1.58. The SMILES string of the molecule is CCNc1cc(C(=O)N(CC)CC)cc(C(C)(C)C)n1. The first-order valence-corrected chi connectivity index (χ1v) is 7.39. The highest BCUT2D eigenvalue weighted by Gasteiger charge is 2.20. The summed E-state index contributed by atoms with van der Waals surface area (Å²) in [5.41, 5.74) is 1.57. The normalized spacial score (nSPS) is 11.3. The second kappa shape index (κ2) is 6.73. The molecule has 0 bridgehead atoms. The van der Waals surface area contributed by atoms with Gasteiger partial charge in [-0.05, 0) is 32.9 Å². The first-order chi connectivity index (χ1) is 9.33. The molecular weight excluding hydrogens is 250 g/mol. The molecule has 0 aliphatic rings. The van der Waals surface area contributed by atoms with Gasteiger partial charge in [-0.25, -0.2) is 4.98 Å². The van der Waals surface area contributed by atoms with Crippen LogP contribution in [0.3, 0.4) is 0 Å². The van der Waals surface area contributed by atoms with E-state index in [2.05, 4.69) is 31.1 Å². The second-order valence-electron chi connectivity index (χ2n) is 5.88. The Morgan fingerprint density at radius 1 is 1.20 bits per heavy atom. The summed E-state index contributed by atoms with van der Waals surface area (Å²) in [5.74, 6) is 0.845. The topological polar surface area (TPSA) is 45.2 Å². The summed E-state index contributed by atoms with van der Waals surface area (Å²) in [6.07, 6.45) is 0. The van der Waals surface area contributed by atoms with Crippen LogP contribution in [0.1, 0.15) is 57.6 Å². The Kier molecular flexibility index (Phi) is 5.54. The van der Waals surface area contributed by atoms with E-state index < -0.39 is 0 Å². The minimum Gasteiger partial charge on any atom is -0.370 e. The van der Waals surface area contributed by atoms with E-state index in [1.54, 1.807) is 0 Å². The third-order valence-corrected chi connectivity index (χ3v) is 3.25. The summed E-state index contributed by atoms with van der Waals surface area (Å²) >= 11 is 0. The predicted molar refractivity (Wildman–Crippen MR) is 84.4 cm³/mol. The molecule has 0 radical (unpaired) electrons. The van der Waals surface area contributed by atoms with Crippen molar-refractivity contribution in [1.82, 2.24) is 9.88 Å². The fourth-order valence-corrected chi connectivity index (χ4v) is 2.00. The molecule has 1 aromatic heterocycles. The molecule has 1 N–H and O–H groups in total. The molecule has 4 nitrogen and oxygen atoms in total. The molecule has 4 heteroatoms. The van der Waals surface area contributed by atoms with Gasteiger partial charge in [0.05, 0.1) is 0 Å². The molecule has 20 heavy (non-hydrogen) atoms. The zero-order chi connectivity index (χ0) is 15.3. The van der Waals surface area contributed by atoms with Crippen LogP contribution in [0.2, 0.25) is 0 Å². The van der Waals surface area contributed by atoms with Crippen LogP contribution < -0.4 is 5.32 Å². The number of hydrogen-bond acceptors (Lipinski definition) is 3. The van der Waals surface area contributed by atoms with Crippen molar-refractivity contribution in [2.45, 2.75) is 47.0 Å². The standard InChI is InChI=1S/C16H27N3O/c1-7-17-14-11-12(15(20)19(8-2)9-3)10-13(18-14)16(4,5)6/h10-11H,7-9H2,1-6H3,(H,17,18). The van der Waals surface area contributed by atoms with Crippen molar-refractivity contribution in [2.24, 2.45) is 0 Å². The van der Waals surface area contributed by atoms with Gasteiger partial charge in [0.2, 0.25) is 0 Å². The molecule has 0 atom stereocenters. The Labute approximate surface area is 122 Å². The van der Waals surface area contributed by atoms with Crippen molar-refractivity contribution < 1.29 is 4.79 Å². The van der Waals surface area contributed by atoms with Crippen LogP contribution in [0.5, 0.6) is 0 Å². The van der Waals surface area contributed by atoms with Crippen LogP contribution in [0.4, 0.5) is 5.82 Å². The quantitative estimate of drug-likeness (QED) is 0.898. The van der Waals surface area contributed by atoms with Crippen molar-refractivity contribution >= 4 is 11.7 Å². The van der Waals surface area contributed by atoms with Crippen LogP contribution in [0, 0.1) is 0 Å².